The van der Waals surface area contributed by atoms with Gasteiger partial charge in [-0.1, -0.05) is 37.1 Å². The molecule has 1 heterocycles. The van der Waals surface area contributed by atoms with Crippen molar-refractivity contribution >= 4 is 28.5 Å². The van der Waals surface area contributed by atoms with Crippen LogP contribution in [0.15, 0.2) is 48.5 Å². The third kappa shape index (κ3) is 3.85. The number of fused-ring (bicyclic) bond motifs is 1. The highest BCUT2D eigenvalue weighted by atomic mass is 35.5. The molecular weight excluding hydrogens is 334 g/mol. The normalized spacial score (nSPS) is 12.3. The van der Waals surface area contributed by atoms with E-state index < -0.39 is 0 Å². The molecule has 0 bridgehead atoms. The Bertz CT molecular complexity index is 870. The number of halogens is 1. The van der Waals surface area contributed by atoms with Gasteiger partial charge >= 0.3 is 0 Å². The van der Waals surface area contributed by atoms with Gasteiger partial charge in [-0.25, -0.2) is 4.98 Å². The second-order valence-electron chi connectivity index (χ2n) is 6.17. The summed E-state index contributed by atoms with van der Waals surface area (Å²) in [6, 6.07) is 14.8. The van der Waals surface area contributed by atoms with Crippen molar-refractivity contribution in [3.8, 4) is 0 Å². The fourth-order valence-electron chi connectivity index (χ4n) is 2.92. The monoisotopic (exact) mass is 355 g/mol. The van der Waals surface area contributed by atoms with Gasteiger partial charge in [0.25, 0.3) is 5.91 Å². The van der Waals surface area contributed by atoms with Crippen molar-refractivity contribution in [2.24, 2.45) is 0 Å². The summed E-state index contributed by atoms with van der Waals surface area (Å²) in [5.41, 5.74) is 2.66. The average Bonchev–Trinajstić information content (AvgIpc) is 2.99. The van der Waals surface area contributed by atoms with Crippen LogP contribution in [-0.2, 0) is 6.54 Å². The van der Waals surface area contributed by atoms with Crippen molar-refractivity contribution in [2.75, 3.05) is 0 Å². The summed E-state index contributed by atoms with van der Waals surface area (Å²) < 4.78 is 2.21. The molecule has 130 valence electrons. The Morgan fingerprint density at radius 2 is 1.92 bits per heavy atom. The zero-order chi connectivity index (χ0) is 17.8. The maximum Gasteiger partial charge on any atom is 0.251 e. The smallest absolute Gasteiger partial charge is 0.251 e. The molecule has 0 radical (unpaired) electrons. The van der Waals surface area contributed by atoms with E-state index in [0.29, 0.717) is 10.6 Å². The van der Waals surface area contributed by atoms with E-state index in [1.165, 1.54) is 0 Å². The molecule has 1 aromatic heterocycles. The van der Waals surface area contributed by atoms with E-state index >= 15 is 0 Å². The lowest BCUT2D eigenvalue weighted by molar-refractivity contribution is 0.0937. The lowest BCUT2D eigenvalue weighted by Gasteiger charge is -2.16. The summed E-state index contributed by atoms with van der Waals surface area (Å²) >= 11 is 5.89. The summed E-state index contributed by atoms with van der Waals surface area (Å²) in [7, 11) is 0. The van der Waals surface area contributed by atoms with Crippen molar-refractivity contribution < 1.29 is 4.79 Å². The fraction of sp³-hybridized carbons (Fsp3) is 0.300. The molecule has 5 heteroatoms. The Balaban J connectivity index is 1.86. The van der Waals surface area contributed by atoms with Crippen LogP contribution in [-0.4, -0.2) is 15.5 Å². The molecule has 1 amide bonds. The van der Waals surface area contributed by atoms with Crippen molar-refractivity contribution in [1.29, 1.82) is 0 Å². The molecule has 0 spiro atoms. The maximum atomic E-state index is 12.5. The predicted molar refractivity (Wildman–Crippen MR) is 102 cm³/mol. The van der Waals surface area contributed by atoms with Crippen LogP contribution < -0.4 is 5.32 Å². The highest BCUT2D eigenvalue weighted by Crippen LogP contribution is 2.22. The van der Waals surface area contributed by atoms with Crippen molar-refractivity contribution in [3.05, 3.63) is 64.9 Å². The molecule has 0 unspecified atom stereocenters. The fourth-order valence-corrected chi connectivity index (χ4v) is 3.05. The second-order valence-corrected chi connectivity index (χ2v) is 6.60. The molecule has 1 atom stereocenters. The highest BCUT2D eigenvalue weighted by molar-refractivity contribution is 6.30. The van der Waals surface area contributed by atoms with E-state index in [9.17, 15) is 4.79 Å². The number of benzene rings is 2. The van der Waals surface area contributed by atoms with E-state index in [0.717, 1.165) is 36.2 Å². The predicted octanol–water partition coefficient (Wildman–Crippen LogP) is 4.98. The van der Waals surface area contributed by atoms with Gasteiger partial charge in [0, 0.05) is 17.1 Å². The Morgan fingerprint density at radius 1 is 1.20 bits per heavy atom. The lowest BCUT2D eigenvalue weighted by atomic mass is 10.2. The molecule has 0 saturated heterocycles. The third-order valence-corrected chi connectivity index (χ3v) is 4.51. The number of rotatable bonds is 6. The Hall–Kier alpha value is -2.33. The van der Waals surface area contributed by atoms with Gasteiger partial charge < -0.3 is 9.88 Å². The Kier molecular flexibility index (Phi) is 5.39. The largest absolute Gasteiger partial charge is 0.342 e. The minimum Gasteiger partial charge on any atom is -0.342 e. The summed E-state index contributed by atoms with van der Waals surface area (Å²) in [5.74, 6) is 0.759. The third-order valence-electron chi connectivity index (χ3n) is 4.26. The molecule has 3 rings (SSSR count). The van der Waals surface area contributed by atoms with E-state index in [4.69, 9.17) is 16.6 Å². The topological polar surface area (TPSA) is 46.9 Å². The molecule has 0 saturated carbocycles. The first kappa shape index (κ1) is 17.5. The second kappa shape index (κ2) is 7.70. The number of aromatic nitrogens is 2. The summed E-state index contributed by atoms with van der Waals surface area (Å²) in [6.07, 6.45) is 2.18. The number of carbonyl (C=O) groups excluding carboxylic acids is 1. The molecule has 4 nitrogen and oxygen atoms in total. The van der Waals surface area contributed by atoms with Crippen molar-refractivity contribution in [3.63, 3.8) is 0 Å². The molecule has 0 aliphatic carbocycles. The molecule has 0 aliphatic heterocycles. The number of amides is 1. The van der Waals surface area contributed by atoms with E-state index in [-0.39, 0.29) is 11.9 Å². The van der Waals surface area contributed by atoms with Gasteiger partial charge in [0.2, 0.25) is 0 Å². The van der Waals surface area contributed by atoms with E-state index in [1.54, 1.807) is 24.3 Å². The molecule has 2 aromatic carbocycles. The number of nitrogens with one attached hydrogen (secondary N) is 1. The van der Waals surface area contributed by atoms with Gasteiger partial charge in [0.15, 0.2) is 0 Å². The van der Waals surface area contributed by atoms with Gasteiger partial charge in [0.1, 0.15) is 5.82 Å². The number of nitrogens with zero attached hydrogens (tertiary/aromatic N) is 2. The molecule has 1 N–H and O–H groups in total. The molecule has 0 fully saturated rings. The van der Waals surface area contributed by atoms with Gasteiger partial charge in [0.05, 0.1) is 17.1 Å². The van der Waals surface area contributed by atoms with Gasteiger partial charge in [-0.05, 0) is 49.7 Å². The first-order chi connectivity index (χ1) is 12.1. The number of unbranched alkanes of at least 4 members (excludes halogenated alkanes) is 1. The van der Waals surface area contributed by atoms with Crippen LogP contribution in [0.3, 0.4) is 0 Å². The standard InChI is InChI=1S/C20H22ClN3O/c1-3-4-13-24-18-8-6-5-7-17(18)23-19(24)14(2)22-20(25)15-9-11-16(21)12-10-15/h5-12,14H,3-4,13H2,1-2H3,(H,22,25)/t14-/m0/s1. The minimum absolute atomic E-state index is 0.127. The summed E-state index contributed by atoms with van der Waals surface area (Å²) in [5, 5.41) is 3.66. The quantitative estimate of drug-likeness (QED) is 0.677. The molecule has 0 aliphatic rings. The van der Waals surface area contributed by atoms with Gasteiger partial charge in [-0.15, -0.1) is 0 Å². The lowest BCUT2D eigenvalue weighted by Crippen LogP contribution is -2.28. The first-order valence-corrected chi connectivity index (χ1v) is 8.99. The van der Waals surface area contributed by atoms with Crippen LogP contribution in [0.5, 0.6) is 0 Å². The van der Waals surface area contributed by atoms with E-state index in [2.05, 4.69) is 22.9 Å². The van der Waals surface area contributed by atoms with Crippen LogP contribution in [0.4, 0.5) is 0 Å². The van der Waals surface area contributed by atoms with Crippen molar-refractivity contribution in [1.82, 2.24) is 14.9 Å². The summed E-state index contributed by atoms with van der Waals surface area (Å²) in [4.78, 5) is 17.2. The van der Waals surface area contributed by atoms with Crippen LogP contribution in [0, 0.1) is 0 Å². The number of hydrogen-bond acceptors (Lipinski definition) is 2. The number of carbonyl (C=O) groups is 1. The first-order valence-electron chi connectivity index (χ1n) is 8.61. The zero-order valence-corrected chi connectivity index (χ0v) is 15.3. The number of para-hydroxylation sites is 2. The van der Waals surface area contributed by atoms with Crippen LogP contribution in [0.1, 0.15) is 48.9 Å². The van der Waals surface area contributed by atoms with Gasteiger partial charge in [-0.3, -0.25) is 4.79 Å². The van der Waals surface area contributed by atoms with Crippen LogP contribution in [0.25, 0.3) is 11.0 Å². The SMILES string of the molecule is CCCCn1c([C@H](C)NC(=O)c2ccc(Cl)cc2)nc2ccccc21. The average molecular weight is 356 g/mol. The Labute approximate surface area is 152 Å². The molecular formula is C20H22ClN3O. The number of aryl methyl sites for hydroxylation is 1. The minimum atomic E-state index is -0.188. The van der Waals surface area contributed by atoms with Crippen LogP contribution >= 0.6 is 11.6 Å². The van der Waals surface area contributed by atoms with E-state index in [1.807, 2.05) is 25.1 Å². The van der Waals surface area contributed by atoms with Crippen molar-refractivity contribution in [2.45, 2.75) is 39.3 Å². The number of imidazole rings is 1. The highest BCUT2D eigenvalue weighted by Gasteiger charge is 2.18. The zero-order valence-electron chi connectivity index (χ0n) is 14.5. The van der Waals surface area contributed by atoms with Crippen LogP contribution in [0.2, 0.25) is 5.02 Å². The summed E-state index contributed by atoms with van der Waals surface area (Å²) in [6.45, 7) is 5.04. The number of hydrogen-bond donors (Lipinski definition) is 1. The Morgan fingerprint density at radius 3 is 2.64 bits per heavy atom. The van der Waals surface area contributed by atoms with Gasteiger partial charge in [-0.2, -0.15) is 0 Å². The maximum absolute atomic E-state index is 12.5. The molecule has 3 aromatic rings. The molecule has 25 heavy (non-hydrogen) atoms.